The fourth-order valence-corrected chi connectivity index (χ4v) is 1.82. The number of nitrogens with two attached hydrogens (primary N) is 1. The lowest BCUT2D eigenvalue weighted by Gasteiger charge is -2.11. The largest absolute Gasteiger partial charge is 0.493 e. The Labute approximate surface area is 124 Å². The predicted octanol–water partition coefficient (Wildman–Crippen LogP) is 1.83. The van der Waals surface area contributed by atoms with Gasteiger partial charge in [-0.05, 0) is 44.4 Å². The molecule has 0 aromatic heterocycles. The number of Topliss-reactive ketones (excluding diaryl/α,β-unsaturated/α-hetero) is 1. The first-order valence-corrected chi connectivity index (χ1v) is 6.89. The van der Waals surface area contributed by atoms with E-state index in [1.807, 2.05) is 0 Å². The van der Waals surface area contributed by atoms with Crippen molar-refractivity contribution in [2.24, 2.45) is 5.84 Å². The van der Waals surface area contributed by atoms with Crippen molar-refractivity contribution in [2.45, 2.75) is 32.6 Å². The quantitative estimate of drug-likeness (QED) is 0.238. The summed E-state index contributed by atoms with van der Waals surface area (Å²) in [6, 6.07) is 5.12. The van der Waals surface area contributed by atoms with Gasteiger partial charge in [0, 0.05) is 12.0 Å². The van der Waals surface area contributed by atoms with Crippen LogP contribution in [-0.2, 0) is 4.79 Å². The van der Waals surface area contributed by atoms with Crippen molar-refractivity contribution in [2.75, 3.05) is 13.7 Å². The molecule has 0 heterocycles. The number of benzene rings is 1. The average molecular weight is 294 g/mol. The van der Waals surface area contributed by atoms with Crippen LogP contribution in [0.25, 0.3) is 0 Å². The zero-order chi connectivity index (χ0) is 15.7. The lowest BCUT2D eigenvalue weighted by atomic mass is 10.1. The minimum atomic E-state index is -0.155. The normalized spacial score (nSPS) is 10.0. The van der Waals surface area contributed by atoms with E-state index in [0.717, 1.165) is 19.3 Å². The molecule has 0 atom stereocenters. The highest BCUT2D eigenvalue weighted by Gasteiger charge is 2.08. The summed E-state index contributed by atoms with van der Waals surface area (Å²) in [5.41, 5.74) is 2.69. The fourth-order valence-electron chi connectivity index (χ4n) is 1.82. The van der Waals surface area contributed by atoms with Crippen LogP contribution in [0.4, 0.5) is 0 Å². The molecule has 21 heavy (non-hydrogen) atoms. The highest BCUT2D eigenvalue weighted by atomic mass is 16.5. The molecule has 0 bridgehead atoms. The van der Waals surface area contributed by atoms with Gasteiger partial charge in [-0.25, -0.2) is 5.84 Å². The molecule has 0 unspecified atom stereocenters. The van der Waals surface area contributed by atoms with E-state index >= 15 is 0 Å². The van der Waals surface area contributed by atoms with Gasteiger partial charge in [0.15, 0.2) is 17.3 Å². The first-order chi connectivity index (χ1) is 10.1. The summed E-state index contributed by atoms with van der Waals surface area (Å²) >= 11 is 0. The molecule has 0 aliphatic carbocycles. The molecule has 0 fully saturated rings. The number of unbranched alkanes of at least 4 members (excludes halogenated alkanes) is 2. The summed E-state index contributed by atoms with van der Waals surface area (Å²) in [4.78, 5) is 22.2. The van der Waals surface area contributed by atoms with Crippen molar-refractivity contribution in [1.82, 2.24) is 5.43 Å². The third-order valence-corrected chi connectivity index (χ3v) is 3.04. The zero-order valence-electron chi connectivity index (χ0n) is 12.5. The van der Waals surface area contributed by atoms with Gasteiger partial charge in [0.05, 0.1) is 13.7 Å². The van der Waals surface area contributed by atoms with Crippen LogP contribution >= 0.6 is 0 Å². The second-order valence-electron chi connectivity index (χ2n) is 4.65. The fraction of sp³-hybridized carbons (Fsp3) is 0.467. The highest BCUT2D eigenvalue weighted by Crippen LogP contribution is 2.28. The molecule has 0 saturated carbocycles. The van der Waals surface area contributed by atoms with Gasteiger partial charge in [0.1, 0.15) is 0 Å². The Kier molecular flexibility index (Phi) is 7.25. The molecule has 0 saturated heterocycles. The second-order valence-corrected chi connectivity index (χ2v) is 4.65. The number of carbonyl (C=O) groups is 2. The maximum atomic E-state index is 11.3. The Bertz CT molecular complexity index is 489. The van der Waals surface area contributed by atoms with Crippen molar-refractivity contribution in [3.8, 4) is 11.5 Å². The van der Waals surface area contributed by atoms with Gasteiger partial charge in [0.25, 0.3) is 0 Å². The highest BCUT2D eigenvalue weighted by molar-refractivity contribution is 5.94. The molecule has 6 nitrogen and oxygen atoms in total. The maximum absolute atomic E-state index is 11.3. The summed E-state index contributed by atoms with van der Waals surface area (Å²) in [6.07, 6.45) is 2.90. The third-order valence-electron chi connectivity index (χ3n) is 3.04. The molecular formula is C15H22N2O4. The number of nitrogens with one attached hydrogen (secondary N) is 1. The van der Waals surface area contributed by atoms with Crippen molar-refractivity contribution in [1.29, 1.82) is 0 Å². The van der Waals surface area contributed by atoms with Gasteiger partial charge in [-0.15, -0.1) is 0 Å². The summed E-state index contributed by atoms with van der Waals surface area (Å²) in [5, 5.41) is 0. The third kappa shape index (κ3) is 5.83. The summed E-state index contributed by atoms with van der Waals surface area (Å²) in [6.45, 7) is 2.03. The maximum Gasteiger partial charge on any atom is 0.233 e. The van der Waals surface area contributed by atoms with Gasteiger partial charge < -0.3 is 9.47 Å². The number of hydrogen-bond acceptors (Lipinski definition) is 5. The minimum absolute atomic E-state index is 0.0157. The minimum Gasteiger partial charge on any atom is -0.493 e. The number of hydrazine groups is 1. The first kappa shape index (κ1) is 17.0. The van der Waals surface area contributed by atoms with Gasteiger partial charge in [-0.2, -0.15) is 0 Å². The lowest BCUT2D eigenvalue weighted by molar-refractivity contribution is -0.121. The Hall–Kier alpha value is -2.08. The predicted molar refractivity (Wildman–Crippen MR) is 79.3 cm³/mol. The summed E-state index contributed by atoms with van der Waals surface area (Å²) in [7, 11) is 1.54. The second kappa shape index (κ2) is 8.97. The lowest BCUT2D eigenvalue weighted by Crippen LogP contribution is -2.29. The van der Waals surface area contributed by atoms with E-state index in [-0.39, 0.29) is 11.7 Å². The molecule has 1 rings (SSSR count). The molecule has 0 radical (unpaired) electrons. The van der Waals surface area contributed by atoms with Crippen LogP contribution in [-0.4, -0.2) is 25.4 Å². The molecule has 0 spiro atoms. The van der Waals surface area contributed by atoms with Crippen LogP contribution in [0.1, 0.15) is 43.0 Å². The number of hydrogen-bond donors (Lipinski definition) is 2. The van der Waals surface area contributed by atoms with Gasteiger partial charge >= 0.3 is 0 Å². The smallest absolute Gasteiger partial charge is 0.233 e. The molecular weight excluding hydrogens is 272 g/mol. The first-order valence-electron chi connectivity index (χ1n) is 6.89. The monoisotopic (exact) mass is 294 g/mol. The molecule has 1 aromatic carbocycles. The summed E-state index contributed by atoms with van der Waals surface area (Å²) < 4.78 is 10.9. The van der Waals surface area contributed by atoms with Crippen molar-refractivity contribution in [3.05, 3.63) is 23.8 Å². The Morgan fingerprint density at radius 3 is 2.57 bits per heavy atom. The van der Waals surface area contributed by atoms with Gasteiger partial charge in [-0.3, -0.25) is 15.0 Å². The average Bonchev–Trinajstić information content (AvgIpc) is 2.50. The van der Waals surface area contributed by atoms with Gasteiger partial charge in [0.2, 0.25) is 5.91 Å². The van der Waals surface area contributed by atoms with Crippen LogP contribution < -0.4 is 20.7 Å². The summed E-state index contributed by atoms with van der Waals surface area (Å²) in [5.74, 6) is 5.98. The molecule has 3 N–H and O–H groups in total. The van der Waals surface area contributed by atoms with Crippen LogP contribution in [0.5, 0.6) is 11.5 Å². The van der Waals surface area contributed by atoms with E-state index in [4.69, 9.17) is 15.3 Å². The van der Waals surface area contributed by atoms with Crippen molar-refractivity contribution >= 4 is 11.7 Å². The molecule has 116 valence electrons. The van der Waals surface area contributed by atoms with Gasteiger partial charge in [-0.1, -0.05) is 0 Å². The molecule has 1 aromatic rings. The number of methoxy groups -OCH3 is 1. The SMILES string of the molecule is COc1cc(C(C)=O)ccc1OCCCCCC(=O)NN. The number of carbonyl (C=O) groups excluding carboxylic acids is 2. The Morgan fingerprint density at radius 2 is 1.95 bits per heavy atom. The van der Waals surface area contributed by atoms with E-state index < -0.39 is 0 Å². The van der Waals surface area contributed by atoms with Crippen LogP contribution in [0.3, 0.4) is 0 Å². The van der Waals surface area contributed by atoms with Crippen molar-refractivity contribution in [3.63, 3.8) is 0 Å². The van der Waals surface area contributed by atoms with E-state index in [9.17, 15) is 9.59 Å². The molecule has 6 heteroatoms. The van der Waals surface area contributed by atoms with Crippen LogP contribution in [0, 0.1) is 0 Å². The topological polar surface area (TPSA) is 90.6 Å². The van der Waals surface area contributed by atoms with Crippen molar-refractivity contribution < 1.29 is 19.1 Å². The number of ether oxygens (including phenoxy) is 2. The standard InChI is InChI=1S/C15H22N2O4/c1-11(18)12-7-8-13(14(10-12)20-2)21-9-5-3-4-6-15(19)17-16/h7-8,10H,3-6,9,16H2,1-2H3,(H,17,19). The Morgan fingerprint density at radius 1 is 1.19 bits per heavy atom. The molecule has 0 aliphatic heterocycles. The number of amides is 1. The Balaban J connectivity index is 2.38. The number of rotatable bonds is 9. The van der Waals surface area contributed by atoms with Crippen LogP contribution in [0.2, 0.25) is 0 Å². The van der Waals surface area contributed by atoms with Crippen LogP contribution in [0.15, 0.2) is 18.2 Å². The van der Waals surface area contributed by atoms with E-state index in [1.165, 1.54) is 14.0 Å². The molecule has 0 aliphatic rings. The molecule has 1 amide bonds. The number of ketones is 1. The zero-order valence-corrected chi connectivity index (χ0v) is 12.5. The van der Waals surface area contributed by atoms with E-state index in [2.05, 4.69) is 5.43 Å². The van der Waals surface area contributed by atoms with E-state index in [0.29, 0.717) is 30.1 Å². The van der Waals surface area contributed by atoms with E-state index in [1.54, 1.807) is 18.2 Å².